The normalized spacial score (nSPS) is 12.1. The molecule has 0 bridgehead atoms. The molecule has 19 heavy (non-hydrogen) atoms. The maximum atomic E-state index is 11.2. The second-order valence-electron chi connectivity index (χ2n) is 4.61. The van der Waals surface area contributed by atoms with Crippen LogP contribution in [0.2, 0.25) is 0 Å². The first-order valence-corrected chi connectivity index (χ1v) is 6.34. The molecule has 2 rings (SSSR count). The van der Waals surface area contributed by atoms with Crippen molar-refractivity contribution in [3.63, 3.8) is 0 Å². The summed E-state index contributed by atoms with van der Waals surface area (Å²) in [7, 11) is 0. The third-order valence-electron chi connectivity index (χ3n) is 3.25. The van der Waals surface area contributed by atoms with Crippen LogP contribution in [-0.4, -0.2) is 12.5 Å². The van der Waals surface area contributed by atoms with Crippen molar-refractivity contribution in [2.75, 3.05) is 6.54 Å². The average Bonchev–Trinajstić information content (AvgIpc) is 2.46. The lowest BCUT2D eigenvalue weighted by Gasteiger charge is -2.16. The third-order valence-corrected chi connectivity index (χ3v) is 3.25. The van der Waals surface area contributed by atoms with Crippen molar-refractivity contribution in [2.45, 2.75) is 12.3 Å². The van der Waals surface area contributed by atoms with Crippen LogP contribution in [-0.2, 0) is 6.42 Å². The smallest absolute Gasteiger partial charge is 0.248 e. The Labute approximate surface area is 113 Å². The van der Waals surface area contributed by atoms with Crippen molar-refractivity contribution < 1.29 is 4.79 Å². The van der Waals surface area contributed by atoms with Crippen LogP contribution in [0.25, 0.3) is 0 Å². The molecular formula is C16H18N2O. The minimum absolute atomic E-state index is 0.196. The van der Waals surface area contributed by atoms with Crippen LogP contribution in [0.5, 0.6) is 0 Å². The van der Waals surface area contributed by atoms with Crippen molar-refractivity contribution >= 4 is 5.91 Å². The summed E-state index contributed by atoms with van der Waals surface area (Å²) in [5.41, 5.74) is 14.0. The fourth-order valence-corrected chi connectivity index (χ4v) is 2.18. The van der Waals surface area contributed by atoms with Gasteiger partial charge >= 0.3 is 0 Å². The van der Waals surface area contributed by atoms with E-state index in [0.29, 0.717) is 12.1 Å². The maximum Gasteiger partial charge on any atom is 0.248 e. The molecule has 2 aromatic rings. The zero-order chi connectivity index (χ0) is 13.7. The van der Waals surface area contributed by atoms with Gasteiger partial charge in [0.2, 0.25) is 5.91 Å². The fourth-order valence-electron chi connectivity index (χ4n) is 2.18. The standard InChI is InChI=1S/C16H18N2O/c17-11-15(9-12-5-2-1-3-6-12)13-7-4-8-14(10-13)16(18)19/h1-8,10,15H,9,11,17H2,(H2,18,19). The van der Waals surface area contributed by atoms with Gasteiger partial charge in [-0.15, -0.1) is 0 Å². The molecule has 1 unspecified atom stereocenters. The molecule has 0 aliphatic carbocycles. The highest BCUT2D eigenvalue weighted by molar-refractivity contribution is 5.92. The van der Waals surface area contributed by atoms with Gasteiger partial charge in [-0.25, -0.2) is 0 Å². The fraction of sp³-hybridized carbons (Fsp3) is 0.188. The van der Waals surface area contributed by atoms with Gasteiger partial charge in [0.25, 0.3) is 0 Å². The molecule has 0 saturated heterocycles. The topological polar surface area (TPSA) is 69.1 Å². The number of nitrogens with two attached hydrogens (primary N) is 2. The molecule has 3 nitrogen and oxygen atoms in total. The number of benzene rings is 2. The van der Waals surface area contributed by atoms with Gasteiger partial charge < -0.3 is 11.5 Å². The van der Waals surface area contributed by atoms with E-state index in [4.69, 9.17) is 11.5 Å². The minimum atomic E-state index is -0.405. The lowest BCUT2D eigenvalue weighted by Crippen LogP contribution is -2.17. The third kappa shape index (κ3) is 3.42. The summed E-state index contributed by atoms with van der Waals surface area (Å²) in [6.45, 7) is 0.539. The molecule has 0 aliphatic heterocycles. The van der Waals surface area contributed by atoms with E-state index in [1.807, 2.05) is 36.4 Å². The Kier molecular flexibility index (Phi) is 4.31. The van der Waals surface area contributed by atoms with Crippen LogP contribution in [0.15, 0.2) is 54.6 Å². The van der Waals surface area contributed by atoms with Crippen molar-refractivity contribution in [3.05, 3.63) is 71.3 Å². The summed E-state index contributed by atoms with van der Waals surface area (Å²) in [6, 6.07) is 17.6. The van der Waals surface area contributed by atoms with Gasteiger partial charge in [0.1, 0.15) is 0 Å². The Morgan fingerprint density at radius 3 is 2.42 bits per heavy atom. The van der Waals surface area contributed by atoms with Crippen molar-refractivity contribution in [2.24, 2.45) is 11.5 Å². The van der Waals surface area contributed by atoms with Crippen molar-refractivity contribution in [1.29, 1.82) is 0 Å². The molecule has 0 heterocycles. The largest absolute Gasteiger partial charge is 0.366 e. The molecule has 98 valence electrons. The average molecular weight is 254 g/mol. The summed E-state index contributed by atoms with van der Waals surface area (Å²) in [4.78, 5) is 11.2. The number of primary amides is 1. The number of hydrogen-bond donors (Lipinski definition) is 2. The first-order chi connectivity index (χ1) is 9.20. The lowest BCUT2D eigenvalue weighted by atomic mass is 9.91. The number of hydrogen-bond acceptors (Lipinski definition) is 2. The van der Waals surface area contributed by atoms with E-state index in [1.54, 1.807) is 6.07 Å². The zero-order valence-corrected chi connectivity index (χ0v) is 10.8. The molecule has 1 amide bonds. The Bertz CT molecular complexity index is 552. The number of amides is 1. The molecule has 4 N–H and O–H groups in total. The Balaban J connectivity index is 2.22. The lowest BCUT2D eigenvalue weighted by molar-refractivity contribution is 0.1000. The van der Waals surface area contributed by atoms with E-state index in [0.717, 1.165) is 12.0 Å². The molecule has 0 fully saturated rings. The maximum absolute atomic E-state index is 11.2. The van der Waals surface area contributed by atoms with Crippen LogP contribution in [0.4, 0.5) is 0 Å². The van der Waals surface area contributed by atoms with Crippen LogP contribution in [0.1, 0.15) is 27.4 Å². The monoisotopic (exact) mass is 254 g/mol. The number of carbonyl (C=O) groups excluding carboxylic acids is 1. The Morgan fingerprint density at radius 1 is 1.05 bits per heavy atom. The minimum Gasteiger partial charge on any atom is -0.366 e. The van der Waals surface area contributed by atoms with E-state index >= 15 is 0 Å². The molecular weight excluding hydrogens is 236 g/mol. The molecule has 0 aliphatic rings. The van der Waals surface area contributed by atoms with E-state index < -0.39 is 5.91 Å². The van der Waals surface area contributed by atoms with Gasteiger partial charge in [-0.3, -0.25) is 4.79 Å². The molecule has 0 saturated carbocycles. The molecule has 0 aromatic heterocycles. The van der Waals surface area contributed by atoms with Crippen LogP contribution in [0.3, 0.4) is 0 Å². The van der Waals surface area contributed by atoms with E-state index in [9.17, 15) is 4.79 Å². The highest BCUT2D eigenvalue weighted by atomic mass is 16.1. The summed E-state index contributed by atoms with van der Waals surface area (Å²) in [5.74, 6) is -0.209. The molecule has 2 aromatic carbocycles. The van der Waals surface area contributed by atoms with Gasteiger partial charge in [0.05, 0.1) is 0 Å². The van der Waals surface area contributed by atoms with Crippen LogP contribution >= 0.6 is 0 Å². The van der Waals surface area contributed by atoms with Crippen LogP contribution in [0, 0.1) is 0 Å². The van der Waals surface area contributed by atoms with Gasteiger partial charge in [-0.05, 0) is 36.2 Å². The number of carbonyl (C=O) groups is 1. The predicted molar refractivity (Wildman–Crippen MR) is 76.9 cm³/mol. The molecule has 0 radical (unpaired) electrons. The van der Waals surface area contributed by atoms with Gasteiger partial charge in [-0.2, -0.15) is 0 Å². The molecule has 3 heteroatoms. The van der Waals surface area contributed by atoms with Gasteiger partial charge in [0, 0.05) is 11.5 Å². The summed E-state index contributed by atoms with van der Waals surface area (Å²) in [5, 5.41) is 0. The van der Waals surface area contributed by atoms with Gasteiger partial charge in [0.15, 0.2) is 0 Å². The van der Waals surface area contributed by atoms with Crippen molar-refractivity contribution in [1.82, 2.24) is 0 Å². The Hall–Kier alpha value is -2.13. The Morgan fingerprint density at radius 2 is 1.79 bits per heavy atom. The van der Waals surface area contributed by atoms with Crippen molar-refractivity contribution in [3.8, 4) is 0 Å². The van der Waals surface area contributed by atoms with Crippen LogP contribution < -0.4 is 11.5 Å². The summed E-state index contributed by atoms with van der Waals surface area (Å²) in [6.07, 6.45) is 0.861. The predicted octanol–water partition coefficient (Wildman–Crippen LogP) is 2.07. The van der Waals surface area contributed by atoms with E-state index in [2.05, 4.69) is 12.1 Å². The quantitative estimate of drug-likeness (QED) is 0.857. The second-order valence-corrected chi connectivity index (χ2v) is 4.61. The summed E-state index contributed by atoms with van der Waals surface area (Å²) < 4.78 is 0. The highest BCUT2D eigenvalue weighted by Crippen LogP contribution is 2.21. The molecule has 0 spiro atoms. The second kappa shape index (κ2) is 6.16. The highest BCUT2D eigenvalue weighted by Gasteiger charge is 2.12. The first-order valence-electron chi connectivity index (χ1n) is 6.34. The van der Waals surface area contributed by atoms with E-state index in [1.165, 1.54) is 5.56 Å². The SMILES string of the molecule is NCC(Cc1ccccc1)c1cccc(C(N)=O)c1. The first kappa shape index (κ1) is 13.3. The summed E-state index contributed by atoms with van der Waals surface area (Å²) >= 11 is 0. The number of rotatable bonds is 5. The molecule has 1 atom stereocenters. The van der Waals surface area contributed by atoms with Gasteiger partial charge in [-0.1, -0.05) is 42.5 Å². The zero-order valence-electron chi connectivity index (χ0n) is 10.8. The van der Waals surface area contributed by atoms with E-state index in [-0.39, 0.29) is 5.92 Å².